The number of ether oxygens (including phenoxy) is 2. The normalized spacial score (nSPS) is 20.4. The molecule has 1 unspecified atom stereocenters. The molecular weight excluding hydrogens is 650 g/mol. The summed E-state index contributed by atoms with van der Waals surface area (Å²) in [6.45, 7) is 7.62. The number of hydrogen-bond donors (Lipinski definition) is 3. The number of nitrogens with one attached hydrogen (secondary N) is 2. The Kier molecular flexibility index (Phi) is 8.58. The molecule has 3 aromatic carbocycles. The highest BCUT2D eigenvalue weighted by Crippen LogP contribution is 2.36. The van der Waals surface area contributed by atoms with Crippen molar-refractivity contribution in [3.8, 4) is 17.4 Å². The van der Waals surface area contributed by atoms with Crippen LogP contribution in [-0.4, -0.2) is 61.8 Å². The highest BCUT2D eigenvalue weighted by Gasteiger charge is 2.45. The lowest BCUT2D eigenvalue weighted by Crippen LogP contribution is -2.54. The molecule has 4 aromatic rings. The van der Waals surface area contributed by atoms with E-state index in [4.69, 9.17) is 9.47 Å². The van der Waals surface area contributed by atoms with E-state index in [2.05, 4.69) is 46.6 Å². The van der Waals surface area contributed by atoms with Crippen LogP contribution in [0.4, 0.5) is 5.69 Å². The van der Waals surface area contributed by atoms with E-state index in [1.807, 2.05) is 36.4 Å². The number of imide groups is 2. The summed E-state index contributed by atoms with van der Waals surface area (Å²) in [5.74, 6) is -0.371. The van der Waals surface area contributed by atoms with Crippen LogP contribution in [0.25, 0.3) is 0 Å². The number of aromatic nitrogens is 2. The number of aliphatic hydroxyl groups is 1. The van der Waals surface area contributed by atoms with Gasteiger partial charge in [-0.1, -0.05) is 38.1 Å². The van der Waals surface area contributed by atoms with E-state index in [0.717, 1.165) is 34.6 Å². The molecule has 1 aromatic heterocycles. The average Bonchev–Trinajstić information content (AvgIpc) is 3.32. The monoisotopic (exact) mass is 689 g/mol. The van der Waals surface area contributed by atoms with E-state index in [0.29, 0.717) is 23.0 Å². The number of anilines is 1. The Bertz CT molecular complexity index is 2020. The highest BCUT2D eigenvalue weighted by atomic mass is 16.5. The van der Waals surface area contributed by atoms with Gasteiger partial charge in [-0.3, -0.25) is 34.4 Å². The lowest BCUT2D eigenvalue weighted by Gasteiger charge is -2.36. The van der Waals surface area contributed by atoms with Crippen LogP contribution in [0, 0.1) is 0 Å². The summed E-state index contributed by atoms with van der Waals surface area (Å²) in [6.07, 6.45) is 4.79. The molecule has 1 saturated carbocycles. The Balaban J connectivity index is 0.916. The minimum atomic E-state index is -1.12. The molecular formula is C39H39N5O7. The maximum Gasteiger partial charge on any atom is 0.262 e. The van der Waals surface area contributed by atoms with Crippen molar-refractivity contribution >= 4 is 29.3 Å². The second kappa shape index (κ2) is 12.9. The molecule has 0 radical (unpaired) electrons. The Labute approximate surface area is 295 Å². The largest absolute Gasteiger partial charge is 0.490 e. The molecule has 3 heterocycles. The number of hydrogen-bond acceptors (Lipinski definition) is 10. The van der Waals surface area contributed by atoms with Crippen LogP contribution in [0.1, 0.15) is 90.9 Å². The van der Waals surface area contributed by atoms with E-state index in [1.165, 1.54) is 12.4 Å². The third kappa shape index (κ3) is 6.79. The summed E-state index contributed by atoms with van der Waals surface area (Å²) in [4.78, 5) is 59.5. The van der Waals surface area contributed by atoms with E-state index < -0.39 is 35.3 Å². The van der Waals surface area contributed by atoms with Gasteiger partial charge in [-0.2, -0.15) is 0 Å². The summed E-state index contributed by atoms with van der Waals surface area (Å²) >= 11 is 0. The Hall–Kier alpha value is -5.62. The summed E-state index contributed by atoms with van der Waals surface area (Å²) in [6, 6.07) is 20.1. The molecule has 12 nitrogen and oxygen atoms in total. The van der Waals surface area contributed by atoms with Crippen molar-refractivity contribution in [3.63, 3.8) is 0 Å². The van der Waals surface area contributed by atoms with Crippen molar-refractivity contribution in [2.45, 2.75) is 82.6 Å². The number of carbonyl (C=O) groups excluding carboxylic acids is 4. The van der Waals surface area contributed by atoms with E-state index in [9.17, 15) is 24.3 Å². The van der Waals surface area contributed by atoms with Crippen LogP contribution in [-0.2, 0) is 20.6 Å². The maximum atomic E-state index is 13.2. The Morgan fingerprint density at radius 2 is 1.49 bits per heavy atom. The predicted octanol–water partition coefficient (Wildman–Crippen LogP) is 5.25. The number of benzene rings is 3. The van der Waals surface area contributed by atoms with Gasteiger partial charge in [0.25, 0.3) is 11.8 Å². The molecule has 0 bridgehead atoms. The molecule has 12 heteroatoms. The zero-order valence-corrected chi connectivity index (χ0v) is 28.8. The Morgan fingerprint density at radius 1 is 0.843 bits per heavy atom. The third-order valence-corrected chi connectivity index (χ3v) is 9.82. The van der Waals surface area contributed by atoms with Crippen molar-refractivity contribution in [1.29, 1.82) is 0 Å². The number of carbonyl (C=O) groups is 4. The molecule has 3 aliphatic rings. The molecule has 0 spiro atoms. The molecule has 51 heavy (non-hydrogen) atoms. The second-order valence-electron chi connectivity index (χ2n) is 14.3. The number of piperidine rings is 1. The van der Waals surface area contributed by atoms with Gasteiger partial charge in [0.2, 0.25) is 17.7 Å². The molecule has 4 amide bonds. The zero-order chi connectivity index (χ0) is 36.1. The van der Waals surface area contributed by atoms with Crippen LogP contribution in [0.3, 0.4) is 0 Å². The van der Waals surface area contributed by atoms with Crippen molar-refractivity contribution < 1.29 is 33.8 Å². The number of fused-ring (bicyclic) bond motifs is 1. The van der Waals surface area contributed by atoms with Gasteiger partial charge in [-0.05, 0) is 73.9 Å². The van der Waals surface area contributed by atoms with Gasteiger partial charge in [0, 0.05) is 36.4 Å². The molecule has 262 valence electrons. The van der Waals surface area contributed by atoms with Gasteiger partial charge in [0.1, 0.15) is 29.2 Å². The highest BCUT2D eigenvalue weighted by molar-refractivity contribution is 6.23. The predicted molar refractivity (Wildman–Crippen MR) is 187 cm³/mol. The van der Waals surface area contributed by atoms with Crippen molar-refractivity contribution in [3.05, 3.63) is 107 Å². The van der Waals surface area contributed by atoms with Crippen molar-refractivity contribution in [2.24, 2.45) is 0 Å². The van der Waals surface area contributed by atoms with Crippen LogP contribution in [0.15, 0.2) is 79.1 Å². The number of nitrogens with zero attached hydrogens (tertiary/aromatic N) is 3. The standard InChI is InChI=1S/C39H39N5O7/c1-38(2,23-7-12-27(13-8-23)51-34-21-40-20-32(42-34)39(3,4)49)22-5-10-26(11-6-22)50-28-17-25(18-28)41-24-9-14-29-30(19-24)37(48)44(36(29)47)31-15-16-33(45)43-35(31)46/h5-14,19-21,25,28,31,41,49H,15-18H2,1-4H3,(H,43,45,46). The Morgan fingerprint density at radius 3 is 2.14 bits per heavy atom. The van der Waals surface area contributed by atoms with E-state index >= 15 is 0 Å². The fraction of sp³-hybridized carbons (Fsp3) is 0.333. The summed E-state index contributed by atoms with van der Waals surface area (Å²) in [5, 5.41) is 15.9. The van der Waals surface area contributed by atoms with Gasteiger partial charge in [0.05, 0.1) is 29.2 Å². The smallest absolute Gasteiger partial charge is 0.262 e. The topological polar surface area (TPSA) is 160 Å². The SMILES string of the molecule is CC(C)(O)c1cncc(Oc2ccc(C(C)(C)c3ccc(OC4CC(Nc5ccc6c(c5)C(=O)N(C5CCC(=O)NC5=O)C6=O)C4)cc3)cc2)n1. The van der Waals surface area contributed by atoms with Crippen molar-refractivity contribution in [2.75, 3.05) is 5.32 Å². The number of rotatable bonds is 10. The summed E-state index contributed by atoms with van der Waals surface area (Å²) < 4.78 is 12.1. The first kappa shape index (κ1) is 33.9. The van der Waals surface area contributed by atoms with Crippen LogP contribution < -0.4 is 20.1 Å². The van der Waals surface area contributed by atoms with Gasteiger partial charge in [-0.25, -0.2) is 4.98 Å². The van der Waals surface area contributed by atoms with Crippen LogP contribution >= 0.6 is 0 Å². The lowest BCUT2D eigenvalue weighted by atomic mass is 9.78. The van der Waals surface area contributed by atoms with Crippen LogP contribution in [0.2, 0.25) is 0 Å². The first-order chi connectivity index (χ1) is 24.3. The lowest BCUT2D eigenvalue weighted by molar-refractivity contribution is -0.136. The summed E-state index contributed by atoms with van der Waals surface area (Å²) in [5.41, 5.74) is 2.46. The molecule has 3 N–H and O–H groups in total. The second-order valence-corrected chi connectivity index (χ2v) is 14.3. The first-order valence-corrected chi connectivity index (χ1v) is 17.0. The molecule has 1 aliphatic carbocycles. The quantitative estimate of drug-likeness (QED) is 0.188. The van der Waals surface area contributed by atoms with Gasteiger partial charge in [-0.15, -0.1) is 0 Å². The van der Waals surface area contributed by atoms with Gasteiger partial charge < -0.3 is 19.9 Å². The maximum absolute atomic E-state index is 13.2. The van der Waals surface area contributed by atoms with Gasteiger partial charge in [0.15, 0.2) is 0 Å². The van der Waals surface area contributed by atoms with E-state index in [1.54, 1.807) is 32.0 Å². The van der Waals surface area contributed by atoms with Crippen LogP contribution in [0.5, 0.6) is 17.4 Å². The summed E-state index contributed by atoms with van der Waals surface area (Å²) in [7, 11) is 0. The first-order valence-electron chi connectivity index (χ1n) is 17.0. The van der Waals surface area contributed by atoms with Crippen molar-refractivity contribution in [1.82, 2.24) is 20.2 Å². The minimum Gasteiger partial charge on any atom is -0.490 e. The zero-order valence-electron chi connectivity index (χ0n) is 28.8. The fourth-order valence-electron chi connectivity index (χ4n) is 6.64. The minimum absolute atomic E-state index is 0.0309. The fourth-order valence-corrected chi connectivity index (χ4v) is 6.64. The van der Waals surface area contributed by atoms with E-state index in [-0.39, 0.29) is 41.5 Å². The van der Waals surface area contributed by atoms with Gasteiger partial charge >= 0.3 is 0 Å². The molecule has 2 fully saturated rings. The molecule has 7 rings (SSSR count). The molecule has 1 saturated heterocycles. The molecule has 1 atom stereocenters. The molecule has 2 aliphatic heterocycles. The third-order valence-electron chi connectivity index (χ3n) is 9.82. The number of amides is 4. The average molecular weight is 690 g/mol.